The number of benzene rings is 1. The molecule has 1 N–H and O–H groups in total. The predicted octanol–water partition coefficient (Wildman–Crippen LogP) is 2.24. The lowest BCUT2D eigenvalue weighted by atomic mass is 10.2. The van der Waals surface area contributed by atoms with Gasteiger partial charge in [0.05, 0.1) is 12.2 Å². The number of halogens is 3. The molecule has 7 heteroatoms. The fraction of sp³-hybridized carbons (Fsp3) is 0.462. The third-order valence-electron chi connectivity index (χ3n) is 2.38. The van der Waals surface area contributed by atoms with Crippen LogP contribution < -0.4 is 10.1 Å². The number of carbonyl (C=O) groups excluding carboxylic acids is 1. The summed E-state index contributed by atoms with van der Waals surface area (Å²) in [5.74, 6) is -0.874. The maximum Gasteiger partial charge on any atom is 0.419 e. The molecule has 1 unspecified atom stereocenters. The van der Waals surface area contributed by atoms with Crippen molar-refractivity contribution in [3.63, 3.8) is 0 Å². The summed E-state index contributed by atoms with van der Waals surface area (Å²) in [4.78, 5) is 11.5. The molecule has 0 aliphatic carbocycles. The molecule has 1 aromatic carbocycles. The lowest BCUT2D eigenvalue weighted by molar-refractivity contribution is -0.139. The molecule has 4 nitrogen and oxygen atoms in total. The molecule has 0 aliphatic rings. The van der Waals surface area contributed by atoms with Gasteiger partial charge in [-0.1, -0.05) is 12.1 Å². The first-order valence-electron chi connectivity index (χ1n) is 5.92. The van der Waals surface area contributed by atoms with Crippen LogP contribution in [0.4, 0.5) is 13.2 Å². The van der Waals surface area contributed by atoms with Gasteiger partial charge >= 0.3 is 6.18 Å². The Balaban J connectivity index is 2.60. The van der Waals surface area contributed by atoms with Crippen LogP contribution in [-0.2, 0) is 15.7 Å². The van der Waals surface area contributed by atoms with Gasteiger partial charge in [-0.15, -0.1) is 0 Å². The minimum atomic E-state index is -4.52. The van der Waals surface area contributed by atoms with Crippen molar-refractivity contribution in [3.8, 4) is 5.75 Å². The number of nitrogens with one attached hydrogen (secondary N) is 1. The molecule has 112 valence electrons. The molecule has 0 saturated heterocycles. The van der Waals surface area contributed by atoms with E-state index in [1.54, 1.807) is 6.92 Å². The minimum absolute atomic E-state index is 0.242. The number of para-hydroxylation sites is 1. The second-order valence-corrected chi connectivity index (χ2v) is 4.21. The van der Waals surface area contributed by atoms with E-state index in [0.29, 0.717) is 6.61 Å². The van der Waals surface area contributed by atoms with Gasteiger partial charge in [-0.3, -0.25) is 4.79 Å². The Morgan fingerprint density at radius 1 is 1.35 bits per heavy atom. The highest BCUT2D eigenvalue weighted by atomic mass is 19.4. The fourth-order valence-corrected chi connectivity index (χ4v) is 1.58. The molecule has 0 saturated carbocycles. The van der Waals surface area contributed by atoms with Gasteiger partial charge in [-0.05, 0) is 19.1 Å². The quantitative estimate of drug-likeness (QED) is 0.874. The molecule has 20 heavy (non-hydrogen) atoms. The van der Waals surface area contributed by atoms with E-state index in [4.69, 9.17) is 9.47 Å². The van der Waals surface area contributed by atoms with Gasteiger partial charge in [0.25, 0.3) is 5.91 Å². The molecule has 0 aliphatic heterocycles. The molecule has 1 amide bonds. The highest BCUT2D eigenvalue weighted by Crippen LogP contribution is 2.35. The Bertz CT molecular complexity index is 449. The third-order valence-corrected chi connectivity index (χ3v) is 2.38. The average Bonchev–Trinajstić information content (AvgIpc) is 2.36. The summed E-state index contributed by atoms with van der Waals surface area (Å²) in [5.41, 5.74) is -0.905. The molecule has 0 spiro atoms. The topological polar surface area (TPSA) is 47.6 Å². The van der Waals surface area contributed by atoms with Crippen molar-refractivity contribution in [2.45, 2.75) is 19.1 Å². The SMILES string of the molecule is COCC(C)NC(=O)COc1ccccc1C(F)(F)F. The van der Waals surface area contributed by atoms with Crippen LogP contribution in [0, 0.1) is 0 Å². The molecule has 0 heterocycles. The van der Waals surface area contributed by atoms with E-state index >= 15 is 0 Å². The molecule has 0 aromatic heterocycles. The van der Waals surface area contributed by atoms with Crippen molar-refractivity contribution < 1.29 is 27.4 Å². The number of carbonyl (C=O) groups is 1. The monoisotopic (exact) mass is 291 g/mol. The third kappa shape index (κ3) is 5.08. The van der Waals surface area contributed by atoms with Gasteiger partial charge in [0.15, 0.2) is 6.61 Å². The zero-order valence-corrected chi connectivity index (χ0v) is 11.2. The first kappa shape index (κ1) is 16.3. The number of ether oxygens (including phenoxy) is 2. The zero-order chi connectivity index (χ0) is 15.2. The Hall–Kier alpha value is -1.76. The second kappa shape index (κ2) is 7.14. The van der Waals surface area contributed by atoms with Crippen molar-refractivity contribution in [2.24, 2.45) is 0 Å². The smallest absolute Gasteiger partial charge is 0.419 e. The number of hydrogen-bond donors (Lipinski definition) is 1. The summed E-state index contributed by atoms with van der Waals surface area (Å²) >= 11 is 0. The summed E-state index contributed by atoms with van der Waals surface area (Å²) in [7, 11) is 1.48. The predicted molar refractivity (Wildman–Crippen MR) is 66.4 cm³/mol. The molecule has 1 atom stereocenters. The Morgan fingerprint density at radius 3 is 2.60 bits per heavy atom. The summed E-state index contributed by atoms with van der Waals surface area (Å²) in [5, 5.41) is 2.54. The van der Waals surface area contributed by atoms with Gasteiger partial charge in [-0.25, -0.2) is 0 Å². The number of amides is 1. The van der Waals surface area contributed by atoms with E-state index in [2.05, 4.69) is 5.32 Å². The van der Waals surface area contributed by atoms with Crippen LogP contribution in [0.2, 0.25) is 0 Å². The highest BCUT2D eigenvalue weighted by Gasteiger charge is 2.34. The van der Waals surface area contributed by atoms with Crippen LogP contribution in [-0.4, -0.2) is 32.3 Å². The van der Waals surface area contributed by atoms with Crippen molar-refractivity contribution in [1.29, 1.82) is 0 Å². The average molecular weight is 291 g/mol. The Labute approximate surface area is 114 Å². The van der Waals surface area contributed by atoms with E-state index in [0.717, 1.165) is 6.07 Å². The van der Waals surface area contributed by atoms with Crippen molar-refractivity contribution in [3.05, 3.63) is 29.8 Å². The standard InChI is InChI=1S/C13H16F3NO3/c1-9(7-19-2)17-12(18)8-20-11-6-4-3-5-10(11)13(14,15)16/h3-6,9H,7-8H2,1-2H3,(H,17,18). The Morgan fingerprint density at radius 2 is 2.00 bits per heavy atom. The molecule has 1 rings (SSSR count). The molecular formula is C13H16F3NO3. The summed E-state index contributed by atoms with van der Waals surface area (Å²) < 4.78 is 47.8. The van der Waals surface area contributed by atoms with Gasteiger partial charge in [0.1, 0.15) is 5.75 Å². The van der Waals surface area contributed by atoms with E-state index in [1.807, 2.05) is 0 Å². The summed E-state index contributed by atoms with van der Waals surface area (Å²) in [6.07, 6.45) is -4.52. The van der Waals surface area contributed by atoms with Gasteiger partial charge in [0.2, 0.25) is 0 Å². The number of alkyl halides is 3. The van der Waals surface area contributed by atoms with Crippen molar-refractivity contribution in [2.75, 3.05) is 20.3 Å². The van der Waals surface area contributed by atoms with Crippen LogP contribution in [0.1, 0.15) is 12.5 Å². The number of hydrogen-bond acceptors (Lipinski definition) is 3. The van der Waals surface area contributed by atoms with E-state index < -0.39 is 24.3 Å². The van der Waals surface area contributed by atoms with Crippen LogP contribution in [0.5, 0.6) is 5.75 Å². The second-order valence-electron chi connectivity index (χ2n) is 4.21. The molecule has 0 bridgehead atoms. The zero-order valence-electron chi connectivity index (χ0n) is 11.2. The van der Waals surface area contributed by atoms with Crippen molar-refractivity contribution in [1.82, 2.24) is 5.32 Å². The van der Waals surface area contributed by atoms with Crippen LogP contribution in [0.3, 0.4) is 0 Å². The first-order valence-corrected chi connectivity index (χ1v) is 5.92. The van der Waals surface area contributed by atoms with Crippen LogP contribution in [0.25, 0.3) is 0 Å². The highest BCUT2D eigenvalue weighted by molar-refractivity contribution is 5.77. The van der Waals surface area contributed by atoms with Gasteiger partial charge in [-0.2, -0.15) is 13.2 Å². The van der Waals surface area contributed by atoms with E-state index in [-0.39, 0.29) is 11.8 Å². The maximum atomic E-state index is 12.7. The number of methoxy groups -OCH3 is 1. The van der Waals surface area contributed by atoms with Crippen molar-refractivity contribution >= 4 is 5.91 Å². The first-order chi connectivity index (χ1) is 9.34. The van der Waals surface area contributed by atoms with E-state index in [9.17, 15) is 18.0 Å². The normalized spacial score (nSPS) is 12.8. The van der Waals surface area contributed by atoms with Gasteiger partial charge in [0, 0.05) is 13.2 Å². The lowest BCUT2D eigenvalue weighted by Gasteiger charge is -2.15. The van der Waals surface area contributed by atoms with E-state index in [1.165, 1.54) is 25.3 Å². The minimum Gasteiger partial charge on any atom is -0.483 e. The fourth-order valence-electron chi connectivity index (χ4n) is 1.58. The summed E-state index contributed by atoms with van der Waals surface area (Å²) in [6.45, 7) is 1.54. The number of rotatable bonds is 6. The molecule has 1 aromatic rings. The molecule has 0 fully saturated rings. The van der Waals surface area contributed by atoms with Gasteiger partial charge < -0.3 is 14.8 Å². The largest absolute Gasteiger partial charge is 0.483 e. The maximum absolute atomic E-state index is 12.7. The summed E-state index contributed by atoms with van der Waals surface area (Å²) in [6, 6.07) is 4.51. The molecule has 0 radical (unpaired) electrons. The van der Waals surface area contributed by atoms with Crippen LogP contribution >= 0.6 is 0 Å². The van der Waals surface area contributed by atoms with Crippen LogP contribution in [0.15, 0.2) is 24.3 Å². The lowest BCUT2D eigenvalue weighted by Crippen LogP contribution is -2.38. The Kier molecular flexibility index (Phi) is 5.82. The molecular weight excluding hydrogens is 275 g/mol.